The van der Waals surface area contributed by atoms with E-state index in [4.69, 9.17) is 4.74 Å². The Hall–Kier alpha value is -8.57. The Labute approximate surface area is 624 Å². The van der Waals surface area contributed by atoms with Gasteiger partial charge in [-0.25, -0.2) is 8.78 Å². The topological polar surface area (TPSA) is 279 Å². The minimum atomic E-state index is -5.41. The Morgan fingerprint density at radius 2 is 1.31 bits per heavy atom. The highest BCUT2D eigenvalue weighted by Gasteiger charge is 2.54. The van der Waals surface area contributed by atoms with Crippen molar-refractivity contribution in [2.75, 3.05) is 89.2 Å². The third kappa shape index (κ3) is 20.0. The van der Waals surface area contributed by atoms with Gasteiger partial charge in [0.05, 0.1) is 25.6 Å². The number of benzene rings is 2. The van der Waals surface area contributed by atoms with Crippen molar-refractivity contribution in [1.29, 1.82) is 0 Å². The number of hydrogen-bond donors (Lipinski definition) is 3. The molecule has 0 radical (unpaired) electrons. The Bertz CT molecular complexity index is 3600. The number of alkyl halides is 3. The van der Waals surface area contributed by atoms with Crippen LogP contribution in [-0.4, -0.2) is 264 Å². The van der Waals surface area contributed by atoms with Gasteiger partial charge < -0.3 is 64.8 Å². The maximum Gasteiger partial charge on any atom is 0.422 e. The third-order valence-electron chi connectivity index (χ3n) is 22.9. The van der Waals surface area contributed by atoms with Gasteiger partial charge in [-0.1, -0.05) is 101 Å². The SMILES string of the molecule is CCO[C@@H]1C[C@H]2C(=O)NC3(CCC3)C(=O)N(C)[C@@H](C3CCCC3)C(=O)N(C)[C@H](C(=O)N(C)C)CC(=O)N(C)[C@@H](CC3CCCC3)C(=O)N[C@@H]([C@@H](C)CC)C(=O)N(C)CC(=O)N(C)[C@H]3C/C=C\CCN(C3=O)[C@@H](Cc3ccc(C)cc3)C(=O)N(C)CC(=O)N[C@H](CCc3cc(F)c(C(F)(F)F)c(F)c3)C(=O)N2C1. The summed E-state index contributed by atoms with van der Waals surface area (Å²) in [5, 5.41) is 8.53. The summed E-state index contributed by atoms with van der Waals surface area (Å²) >= 11 is 0. The molecule has 12 amide bonds. The first kappa shape index (κ1) is 84.1. The van der Waals surface area contributed by atoms with Crippen LogP contribution in [0.1, 0.15) is 159 Å². The first-order chi connectivity index (χ1) is 50.5. The van der Waals surface area contributed by atoms with Crippen molar-refractivity contribution in [3.63, 3.8) is 0 Å². The van der Waals surface area contributed by atoms with Gasteiger partial charge >= 0.3 is 6.18 Å². The van der Waals surface area contributed by atoms with E-state index in [1.54, 1.807) is 38.1 Å². The monoisotopic (exact) mass is 1500 g/mol. The maximum atomic E-state index is 15.6. The normalized spacial score (nSPS) is 26.9. The molecule has 1 spiro atoms. The molecule has 0 aromatic heterocycles. The van der Waals surface area contributed by atoms with Crippen LogP contribution in [-0.2, 0) is 81.3 Å². The first-order valence-electron chi connectivity index (χ1n) is 37.7. The average molecular weight is 1510 g/mol. The quantitative estimate of drug-likeness (QED) is 0.164. The summed E-state index contributed by atoms with van der Waals surface area (Å²) in [6.45, 7) is 5.51. The molecule has 5 fully saturated rings. The number of rotatable bonds is 13. The number of carbonyl (C=O) groups is 12. The molecule has 3 saturated carbocycles. The average Bonchev–Trinajstić information content (AvgIpc) is 1.48. The van der Waals surface area contributed by atoms with Gasteiger partial charge in [0, 0.05) is 88.9 Å². The third-order valence-corrected chi connectivity index (χ3v) is 22.9. The summed E-state index contributed by atoms with van der Waals surface area (Å²) in [6.07, 6.45) is 2.40. The van der Waals surface area contributed by atoms with Crippen LogP contribution in [0, 0.1) is 36.3 Å². The minimum absolute atomic E-state index is 0.00330. The summed E-state index contributed by atoms with van der Waals surface area (Å²) in [5.74, 6) is -13.7. The van der Waals surface area contributed by atoms with Gasteiger partial charge in [-0.3, -0.25) is 57.5 Å². The van der Waals surface area contributed by atoms with Gasteiger partial charge in [0.1, 0.15) is 71.1 Å². The molecular weight excluding hydrogens is 1400 g/mol. The molecule has 3 aliphatic carbocycles. The summed E-state index contributed by atoms with van der Waals surface area (Å²) in [7, 11) is 11.3. The molecule has 25 nitrogen and oxygen atoms in total. The van der Waals surface area contributed by atoms with Crippen molar-refractivity contribution in [1.82, 2.24) is 60.0 Å². The number of fused-ring (bicyclic) bond motifs is 3. The molecule has 2 saturated heterocycles. The van der Waals surface area contributed by atoms with Crippen molar-refractivity contribution < 1.29 is 84.2 Å². The highest BCUT2D eigenvalue weighted by Crippen LogP contribution is 2.40. The lowest BCUT2D eigenvalue weighted by atomic mass is 9.74. The number of amides is 12. The van der Waals surface area contributed by atoms with E-state index in [1.807, 2.05) is 26.0 Å². The van der Waals surface area contributed by atoms with E-state index in [1.165, 1.54) is 80.9 Å². The van der Waals surface area contributed by atoms with Gasteiger partial charge in [-0.05, 0) is 119 Å². The van der Waals surface area contributed by atoms with E-state index in [2.05, 4.69) is 16.0 Å². The standard InChI is InChI=1S/C77H109F5N12O13/c1-13-47(4)65-73(104)88(8)45-63(97)89(9)56-27-16-15-21-36-93(72(56)103)60(40-49-30-28-46(3)29-31-49)71(102)87(7)44-61(95)83-55(33-32-50-37-53(78)64(54(79)38-50)77(80,81)82)69(100)94-43-52(107-14-2)41-58(94)68(99)85-76(34-22-35-76)75(106)92(12)66(51-25-19-20-26-51)74(105)91(11)59(70(101)86(5)6)42-62(96)90(10)57(67(98)84-65)39-48-23-17-18-24-48/h15-16,28-31,37-38,47-48,51-52,55-60,65-66H,13-14,17-27,32-36,39-45H2,1-12H3,(H,83,95)(H,84,98)(H,85,99)/b16-15-/t47-,52+,55+,56-,57-,58-,59-,60-,65-,66-/m0/s1. The number of hydrogen-bond acceptors (Lipinski definition) is 13. The zero-order valence-corrected chi connectivity index (χ0v) is 63.9. The van der Waals surface area contributed by atoms with Crippen LogP contribution in [0.3, 0.4) is 0 Å². The lowest BCUT2D eigenvalue weighted by molar-refractivity contribution is -0.158. The predicted molar refractivity (Wildman–Crippen MR) is 385 cm³/mol. The fourth-order valence-electron chi connectivity index (χ4n) is 16.0. The van der Waals surface area contributed by atoms with E-state index in [-0.39, 0.29) is 76.1 Å². The van der Waals surface area contributed by atoms with E-state index in [9.17, 15) is 32.3 Å². The van der Waals surface area contributed by atoms with Crippen LogP contribution in [0.2, 0.25) is 0 Å². The minimum Gasteiger partial charge on any atom is -0.377 e. The van der Waals surface area contributed by atoms with Crippen LogP contribution >= 0.6 is 0 Å². The zero-order chi connectivity index (χ0) is 78.7. The zero-order valence-electron chi connectivity index (χ0n) is 63.9. The summed E-state index contributed by atoms with van der Waals surface area (Å²) in [5.41, 5.74) is -2.66. The van der Waals surface area contributed by atoms with Crippen molar-refractivity contribution >= 4 is 70.9 Å². The second-order valence-corrected chi connectivity index (χ2v) is 30.6. The number of halogens is 5. The number of aryl methyl sites for hydroxylation is 2. The largest absolute Gasteiger partial charge is 0.422 e. The van der Waals surface area contributed by atoms with Crippen LogP contribution in [0.15, 0.2) is 48.6 Å². The van der Waals surface area contributed by atoms with Crippen molar-refractivity contribution in [3.05, 3.63) is 82.4 Å². The maximum absolute atomic E-state index is 15.6. The van der Waals surface area contributed by atoms with E-state index in [0.717, 1.165) is 50.8 Å². The summed E-state index contributed by atoms with van der Waals surface area (Å²) in [6, 6.07) is -2.86. The molecule has 2 aromatic carbocycles. The first-order valence-corrected chi connectivity index (χ1v) is 37.7. The predicted octanol–water partition coefficient (Wildman–Crippen LogP) is 5.56. The van der Waals surface area contributed by atoms with Gasteiger partial charge in [0.25, 0.3) is 0 Å². The number of nitrogens with zero attached hydrogens (tertiary/aromatic N) is 9. The van der Waals surface area contributed by atoms with Gasteiger partial charge in [-0.15, -0.1) is 0 Å². The molecule has 8 rings (SSSR count). The number of likely N-dealkylation sites (N-methyl/N-ethyl adjacent to an activating group) is 7. The lowest BCUT2D eigenvalue weighted by Crippen LogP contribution is -2.68. The van der Waals surface area contributed by atoms with Crippen molar-refractivity contribution in [3.8, 4) is 0 Å². The second kappa shape index (κ2) is 36.6. The molecule has 3 N–H and O–H groups in total. The van der Waals surface area contributed by atoms with Crippen LogP contribution < -0.4 is 16.0 Å². The fourth-order valence-corrected chi connectivity index (χ4v) is 16.0. The molecule has 2 bridgehead atoms. The van der Waals surface area contributed by atoms with E-state index >= 15 is 47.1 Å². The molecule has 3 aliphatic heterocycles. The number of nitrogens with one attached hydrogen (secondary N) is 3. The van der Waals surface area contributed by atoms with Crippen LogP contribution in [0.4, 0.5) is 22.0 Å². The van der Waals surface area contributed by atoms with Crippen molar-refractivity contribution in [2.24, 2.45) is 17.8 Å². The molecule has 0 unspecified atom stereocenters. The number of ether oxygens (including phenoxy) is 1. The van der Waals surface area contributed by atoms with Crippen molar-refractivity contribution in [2.45, 2.75) is 222 Å². The molecule has 107 heavy (non-hydrogen) atoms. The van der Waals surface area contributed by atoms with Crippen LogP contribution in [0.5, 0.6) is 0 Å². The second-order valence-electron chi connectivity index (χ2n) is 30.6. The molecule has 3 heterocycles. The van der Waals surface area contributed by atoms with Crippen LogP contribution in [0.25, 0.3) is 0 Å². The number of carbonyl (C=O) groups excluding carboxylic acids is 12. The highest BCUT2D eigenvalue weighted by molar-refractivity contribution is 6.01. The molecule has 6 aliphatic rings. The fraction of sp³-hybridized carbons (Fsp3) is 0.662. The van der Waals surface area contributed by atoms with Gasteiger partial charge in [0.15, 0.2) is 0 Å². The van der Waals surface area contributed by atoms with E-state index < -0.39 is 198 Å². The molecule has 2 aromatic rings. The van der Waals surface area contributed by atoms with Gasteiger partial charge in [0.2, 0.25) is 70.9 Å². The summed E-state index contributed by atoms with van der Waals surface area (Å²) < 4.78 is 78.0. The smallest absolute Gasteiger partial charge is 0.377 e. The molecule has 590 valence electrons. The Balaban J connectivity index is 1.22. The Morgan fingerprint density at radius 1 is 0.682 bits per heavy atom. The molecule has 10 atom stereocenters. The van der Waals surface area contributed by atoms with Gasteiger partial charge in [-0.2, -0.15) is 13.2 Å². The molecular formula is C77H109F5N12O13. The van der Waals surface area contributed by atoms with E-state index in [0.29, 0.717) is 56.2 Å². The Kier molecular flexibility index (Phi) is 28.7. The Morgan fingerprint density at radius 3 is 1.90 bits per heavy atom. The summed E-state index contributed by atoms with van der Waals surface area (Å²) in [4.78, 5) is 193. The highest BCUT2D eigenvalue weighted by atomic mass is 19.4. The molecule has 30 heteroatoms. The lowest BCUT2D eigenvalue weighted by Gasteiger charge is -2.46.